The summed E-state index contributed by atoms with van der Waals surface area (Å²) in [5.41, 5.74) is 8.80. The van der Waals surface area contributed by atoms with Crippen LogP contribution in [0.1, 0.15) is 45.6 Å². The molecule has 2 atom stereocenters. The Hall–Kier alpha value is -0.540. The first-order valence-corrected chi connectivity index (χ1v) is 9.05. The lowest BCUT2D eigenvalue weighted by molar-refractivity contribution is 0.351. The molecule has 2 unspecified atom stereocenters. The van der Waals surface area contributed by atoms with Gasteiger partial charge in [0.05, 0.1) is 0 Å². The normalized spacial score (nSPS) is 21.4. The van der Waals surface area contributed by atoms with Gasteiger partial charge in [-0.3, -0.25) is 0 Å². The van der Waals surface area contributed by atoms with Crippen LogP contribution in [0.2, 0.25) is 0 Å². The van der Waals surface area contributed by atoms with Crippen molar-refractivity contribution < 1.29 is 0 Å². The Bertz CT molecular complexity index is 457. The van der Waals surface area contributed by atoms with Gasteiger partial charge in [0.2, 0.25) is 0 Å². The lowest BCUT2D eigenvalue weighted by Gasteiger charge is -2.27. The van der Waals surface area contributed by atoms with Crippen molar-refractivity contribution in [2.24, 2.45) is 17.6 Å². The van der Waals surface area contributed by atoms with E-state index in [2.05, 4.69) is 59.8 Å². The zero-order valence-corrected chi connectivity index (χ0v) is 15.2. The number of halogens is 1. The Balaban J connectivity index is 2.17. The molecule has 2 N–H and O–H groups in total. The van der Waals surface area contributed by atoms with Crippen LogP contribution in [-0.4, -0.2) is 19.1 Å². The van der Waals surface area contributed by atoms with Crippen LogP contribution in [0.4, 0.5) is 5.69 Å². The van der Waals surface area contributed by atoms with E-state index in [1.165, 1.54) is 43.6 Å². The Kier molecular flexibility index (Phi) is 6.12. The van der Waals surface area contributed by atoms with E-state index in [1.54, 1.807) is 0 Å². The van der Waals surface area contributed by atoms with Crippen LogP contribution in [0.3, 0.4) is 0 Å². The zero-order chi connectivity index (χ0) is 15.4. The highest BCUT2D eigenvalue weighted by atomic mass is 79.9. The summed E-state index contributed by atoms with van der Waals surface area (Å²) in [5.74, 6) is 1.68. The Labute approximate surface area is 138 Å². The second kappa shape index (κ2) is 7.64. The summed E-state index contributed by atoms with van der Waals surface area (Å²) in [4.78, 5) is 2.58. The molecule has 0 aliphatic carbocycles. The van der Waals surface area contributed by atoms with E-state index in [0.29, 0.717) is 0 Å². The summed E-state index contributed by atoms with van der Waals surface area (Å²) in [5, 5.41) is 0. The van der Waals surface area contributed by atoms with E-state index in [4.69, 9.17) is 5.73 Å². The number of hydrogen-bond donors (Lipinski definition) is 1. The van der Waals surface area contributed by atoms with Crippen LogP contribution in [0.5, 0.6) is 0 Å². The molecule has 0 aromatic heterocycles. The summed E-state index contributed by atoms with van der Waals surface area (Å²) in [7, 11) is 0. The van der Waals surface area contributed by atoms with E-state index in [0.717, 1.165) is 22.7 Å². The Morgan fingerprint density at radius 3 is 2.67 bits per heavy atom. The fourth-order valence-corrected chi connectivity index (χ4v) is 3.81. The number of nitrogens with two attached hydrogens (primary N) is 1. The molecule has 1 aliphatic heterocycles. The molecule has 0 amide bonds. The first kappa shape index (κ1) is 16.8. The molecule has 1 fully saturated rings. The summed E-state index contributed by atoms with van der Waals surface area (Å²) >= 11 is 3.59. The predicted octanol–water partition coefficient (Wildman–Crippen LogP) is 4.60. The molecular weight excluding hydrogens is 324 g/mol. The van der Waals surface area contributed by atoms with Gasteiger partial charge in [-0.05, 0) is 68.2 Å². The van der Waals surface area contributed by atoms with Crippen molar-refractivity contribution in [3.63, 3.8) is 0 Å². The van der Waals surface area contributed by atoms with E-state index in [9.17, 15) is 0 Å². The molecule has 0 spiro atoms. The largest absolute Gasteiger partial charge is 0.371 e. The van der Waals surface area contributed by atoms with E-state index >= 15 is 0 Å². The summed E-state index contributed by atoms with van der Waals surface area (Å²) in [6.45, 7) is 9.16. The third kappa shape index (κ3) is 4.72. The number of benzene rings is 1. The van der Waals surface area contributed by atoms with E-state index in [-0.39, 0.29) is 6.04 Å². The van der Waals surface area contributed by atoms with Crippen molar-refractivity contribution in [2.45, 2.75) is 52.5 Å². The molecule has 21 heavy (non-hydrogen) atoms. The highest BCUT2D eigenvalue weighted by Crippen LogP contribution is 2.31. The molecule has 1 heterocycles. The second-order valence-electron chi connectivity index (χ2n) is 6.88. The van der Waals surface area contributed by atoms with E-state index < -0.39 is 0 Å². The van der Waals surface area contributed by atoms with Gasteiger partial charge in [0.1, 0.15) is 0 Å². The highest BCUT2D eigenvalue weighted by molar-refractivity contribution is 9.10. The minimum absolute atomic E-state index is 0.202. The van der Waals surface area contributed by atoms with Crippen LogP contribution < -0.4 is 10.6 Å². The fourth-order valence-electron chi connectivity index (χ4n) is 3.40. The third-order valence-electron chi connectivity index (χ3n) is 4.64. The quantitative estimate of drug-likeness (QED) is 0.857. The van der Waals surface area contributed by atoms with Crippen molar-refractivity contribution in [1.29, 1.82) is 0 Å². The molecule has 0 bridgehead atoms. The van der Waals surface area contributed by atoms with Crippen molar-refractivity contribution >= 4 is 21.6 Å². The van der Waals surface area contributed by atoms with Crippen LogP contribution in [0, 0.1) is 11.8 Å². The zero-order valence-electron chi connectivity index (χ0n) is 13.6. The number of nitrogens with zero attached hydrogens (tertiary/aromatic N) is 1. The molecule has 1 aromatic rings. The highest BCUT2D eigenvalue weighted by Gasteiger charge is 2.21. The van der Waals surface area contributed by atoms with Gasteiger partial charge >= 0.3 is 0 Å². The maximum atomic E-state index is 6.03. The maximum absolute atomic E-state index is 6.03. The molecule has 118 valence electrons. The van der Waals surface area contributed by atoms with Crippen molar-refractivity contribution in [2.75, 3.05) is 18.0 Å². The minimum Gasteiger partial charge on any atom is -0.371 e. The fraction of sp³-hybridized carbons (Fsp3) is 0.667. The molecule has 0 saturated carbocycles. The van der Waals surface area contributed by atoms with Crippen molar-refractivity contribution in [3.8, 4) is 0 Å². The third-order valence-corrected chi connectivity index (χ3v) is 5.13. The Morgan fingerprint density at radius 1 is 1.24 bits per heavy atom. The molecule has 2 nitrogen and oxygen atoms in total. The lowest BCUT2D eigenvalue weighted by Crippen LogP contribution is -2.27. The Morgan fingerprint density at radius 2 is 2.00 bits per heavy atom. The smallest absolute Gasteiger partial charge is 0.0400 e. The topological polar surface area (TPSA) is 29.3 Å². The molecule has 1 aromatic carbocycles. The molecule has 1 aliphatic rings. The van der Waals surface area contributed by atoms with Gasteiger partial charge in [0, 0.05) is 29.3 Å². The lowest BCUT2D eigenvalue weighted by atomic mass is 9.89. The van der Waals surface area contributed by atoms with Crippen molar-refractivity contribution in [1.82, 2.24) is 0 Å². The summed E-state index contributed by atoms with van der Waals surface area (Å²) in [6, 6.07) is 6.86. The standard InChI is InChI=1S/C18H29BrN2/c1-13(2)15-5-4-9-21(10-8-15)18-7-6-17(19)12-16(18)11-14(3)20/h6-7,12-15H,4-5,8-11,20H2,1-3H3. The SMILES string of the molecule is CC(N)Cc1cc(Br)ccc1N1CCCC(C(C)C)CC1. The van der Waals surface area contributed by atoms with Gasteiger partial charge in [-0.25, -0.2) is 0 Å². The van der Waals surface area contributed by atoms with Crippen LogP contribution >= 0.6 is 15.9 Å². The average Bonchev–Trinajstić information content (AvgIpc) is 2.64. The van der Waals surface area contributed by atoms with Crippen LogP contribution in [0.15, 0.2) is 22.7 Å². The van der Waals surface area contributed by atoms with Gasteiger partial charge in [-0.1, -0.05) is 29.8 Å². The van der Waals surface area contributed by atoms with Crippen LogP contribution in [0.25, 0.3) is 0 Å². The molecule has 2 rings (SSSR count). The molecular formula is C18H29BrN2. The molecule has 1 saturated heterocycles. The number of anilines is 1. The summed E-state index contributed by atoms with van der Waals surface area (Å²) in [6.07, 6.45) is 4.92. The van der Waals surface area contributed by atoms with E-state index in [1.807, 2.05) is 0 Å². The van der Waals surface area contributed by atoms with Gasteiger partial charge < -0.3 is 10.6 Å². The van der Waals surface area contributed by atoms with Gasteiger partial charge in [0.25, 0.3) is 0 Å². The predicted molar refractivity (Wildman–Crippen MR) is 95.9 cm³/mol. The molecule has 3 heteroatoms. The monoisotopic (exact) mass is 352 g/mol. The van der Waals surface area contributed by atoms with Gasteiger partial charge in [-0.2, -0.15) is 0 Å². The first-order valence-electron chi connectivity index (χ1n) is 8.26. The van der Waals surface area contributed by atoms with Gasteiger partial charge in [0.15, 0.2) is 0 Å². The maximum Gasteiger partial charge on any atom is 0.0400 e. The number of hydrogen-bond acceptors (Lipinski definition) is 2. The first-order chi connectivity index (χ1) is 9.97. The second-order valence-corrected chi connectivity index (χ2v) is 7.79. The van der Waals surface area contributed by atoms with Gasteiger partial charge in [-0.15, -0.1) is 0 Å². The molecule has 0 radical (unpaired) electrons. The summed E-state index contributed by atoms with van der Waals surface area (Å²) < 4.78 is 1.15. The van der Waals surface area contributed by atoms with Crippen LogP contribution in [-0.2, 0) is 6.42 Å². The minimum atomic E-state index is 0.202. The van der Waals surface area contributed by atoms with Crippen molar-refractivity contribution in [3.05, 3.63) is 28.2 Å². The average molecular weight is 353 g/mol. The number of rotatable bonds is 4.